The van der Waals surface area contributed by atoms with E-state index < -0.39 is 24.3 Å². The van der Waals surface area contributed by atoms with Crippen LogP contribution in [0.2, 0.25) is 0 Å². The number of aryl methyl sites for hydroxylation is 1. The maximum Gasteiger partial charge on any atom is 0.419 e. The maximum absolute atomic E-state index is 13.0. The number of nitrogens with zero attached hydrogens (tertiary/aromatic N) is 3. The fourth-order valence-corrected chi connectivity index (χ4v) is 5.45. The van der Waals surface area contributed by atoms with Gasteiger partial charge in [-0.15, -0.1) is 0 Å². The van der Waals surface area contributed by atoms with E-state index in [1.54, 1.807) is 20.4 Å². The topological polar surface area (TPSA) is 56.2 Å². The number of ether oxygens (including phenoxy) is 3. The fourth-order valence-electron chi connectivity index (χ4n) is 5.45. The van der Waals surface area contributed by atoms with Gasteiger partial charge in [0.2, 0.25) is 0 Å². The van der Waals surface area contributed by atoms with Gasteiger partial charge in [0.1, 0.15) is 11.4 Å². The van der Waals surface area contributed by atoms with Crippen LogP contribution in [0.5, 0.6) is 5.75 Å². The van der Waals surface area contributed by atoms with Gasteiger partial charge in [-0.1, -0.05) is 24.3 Å². The van der Waals surface area contributed by atoms with Crippen molar-refractivity contribution in [2.45, 2.75) is 65.1 Å². The highest BCUT2D eigenvalue weighted by atomic mass is 19.4. The summed E-state index contributed by atoms with van der Waals surface area (Å²) >= 11 is 0. The minimum absolute atomic E-state index is 0.0353. The van der Waals surface area contributed by atoms with Gasteiger partial charge in [-0.05, 0) is 56.5 Å². The Bertz CT molecular complexity index is 1350. The molecule has 3 aromatic rings. The average Bonchev–Trinajstić information content (AvgIpc) is 3.35. The lowest BCUT2D eigenvalue weighted by Gasteiger charge is -2.42. The molecule has 41 heavy (non-hydrogen) atoms. The van der Waals surface area contributed by atoms with Gasteiger partial charge in [-0.2, -0.15) is 13.2 Å². The summed E-state index contributed by atoms with van der Waals surface area (Å²) in [5, 5.41) is 0.876. The molecule has 4 rings (SSSR count). The van der Waals surface area contributed by atoms with Gasteiger partial charge in [0.05, 0.1) is 25.7 Å². The van der Waals surface area contributed by atoms with Crippen LogP contribution in [0, 0.1) is 6.92 Å². The number of rotatable bonds is 8. The number of hydrogen-bond donors (Lipinski definition) is 0. The lowest BCUT2D eigenvalue weighted by Crippen LogP contribution is -2.48. The van der Waals surface area contributed by atoms with E-state index in [0.717, 1.165) is 33.2 Å². The molecule has 0 bridgehead atoms. The zero-order valence-electron chi connectivity index (χ0n) is 24.7. The largest absolute Gasteiger partial charge is 0.496 e. The van der Waals surface area contributed by atoms with Crippen LogP contribution >= 0.6 is 0 Å². The second-order valence-electron chi connectivity index (χ2n) is 11.6. The summed E-state index contributed by atoms with van der Waals surface area (Å²) in [6.07, 6.45) is -3.78. The molecule has 1 atom stereocenters. The van der Waals surface area contributed by atoms with Gasteiger partial charge in [0.15, 0.2) is 0 Å². The van der Waals surface area contributed by atoms with E-state index in [9.17, 15) is 18.0 Å². The van der Waals surface area contributed by atoms with Crippen LogP contribution < -0.4 is 4.74 Å². The van der Waals surface area contributed by atoms with Crippen LogP contribution in [0.1, 0.15) is 55.5 Å². The summed E-state index contributed by atoms with van der Waals surface area (Å²) in [4.78, 5) is 17.2. The molecule has 0 amide bonds. The van der Waals surface area contributed by atoms with Crippen LogP contribution in [0.3, 0.4) is 0 Å². The molecule has 224 valence electrons. The van der Waals surface area contributed by atoms with E-state index >= 15 is 0 Å². The van der Waals surface area contributed by atoms with E-state index in [1.165, 1.54) is 4.57 Å². The lowest BCUT2D eigenvalue weighted by molar-refractivity contribution is -0.139. The van der Waals surface area contributed by atoms with E-state index in [2.05, 4.69) is 4.90 Å². The van der Waals surface area contributed by atoms with Crippen molar-refractivity contribution in [3.63, 3.8) is 0 Å². The Kier molecular flexibility index (Phi) is 9.35. The summed E-state index contributed by atoms with van der Waals surface area (Å²) in [5.41, 5.74) is 3.95. The number of halogens is 3. The standard InChI is InChI=1S/C31H40F3N3O4/c1-21-17-27(40-6)25(24-11-13-37(28(21)24)29(38)41-30(2,3)4)18-36-16-15-35(14-12-31(32,33)34)19-26(36)23-9-7-22(8-10-23)20-39-5/h7-11,13,17,26H,12,14-16,18-20H2,1-6H3. The summed E-state index contributed by atoms with van der Waals surface area (Å²) in [7, 11) is 3.26. The van der Waals surface area contributed by atoms with Crippen LogP contribution in [0.4, 0.5) is 18.0 Å². The molecule has 1 unspecified atom stereocenters. The molecule has 0 aliphatic carbocycles. The minimum Gasteiger partial charge on any atom is -0.496 e. The number of carbonyl (C=O) groups is 1. The number of hydrogen-bond acceptors (Lipinski definition) is 6. The van der Waals surface area contributed by atoms with Gasteiger partial charge < -0.3 is 14.2 Å². The molecule has 2 heterocycles. The summed E-state index contributed by atoms with van der Waals surface area (Å²) in [6, 6.07) is 11.7. The molecule has 0 spiro atoms. The first-order valence-corrected chi connectivity index (χ1v) is 13.8. The second-order valence-corrected chi connectivity index (χ2v) is 11.6. The quantitative estimate of drug-likeness (QED) is 0.298. The van der Waals surface area contributed by atoms with Crippen molar-refractivity contribution in [2.24, 2.45) is 0 Å². The van der Waals surface area contributed by atoms with Crippen molar-refractivity contribution in [1.29, 1.82) is 0 Å². The third-order valence-electron chi connectivity index (χ3n) is 7.36. The minimum atomic E-state index is -4.20. The third kappa shape index (κ3) is 7.61. The molecule has 1 aliphatic rings. The first-order valence-electron chi connectivity index (χ1n) is 13.8. The highest BCUT2D eigenvalue weighted by Crippen LogP contribution is 2.36. The highest BCUT2D eigenvalue weighted by Gasteiger charge is 2.33. The Morgan fingerprint density at radius 1 is 1.05 bits per heavy atom. The van der Waals surface area contributed by atoms with Crippen molar-refractivity contribution in [3.05, 3.63) is 64.8 Å². The Morgan fingerprint density at radius 2 is 1.76 bits per heavy atom. The number of methoxy groups -OCH3 is 2. The molecule has 0 saturated carbocycles. The normalized spacial score (nSPS) is 17.2. The molecule has 1 aliphatic heterocycles. The van der Waals surface area contributed by atoms with E-state index in [-0.39, 0.29) is 12.6 Å². The molecule has 2 aromatic carbocycles. The van der Waals surface area contributed by atoms with E-state index in [0.29, 0.717) is 38.5 Å². The second kappa shape index (κ2) is 12.4. The zero-order valence-corrected chi connectivity index (χ0v) is 24.7. The van der Waals surface area contributed by atoms with Gasteiger partial charge in [-0.25, -0.2) is 4.79 Å². The molecule has 1 fully saturated rings. The first kappa shape index (κ1) is 30.9. The predicted octanol–water partition coefficient (Wildman–Crippen LogP) is 6.70. The molecule has 1 aromatic heterocycles. The first-order chi connectivity index (χ1) is 19.3. The van der Waals surface area contributed by atoms with Crippen molar-refractivity contribution >= 4 is 17.0 Å². The van der Waals surface area contributed by atoms with Crippen LogP contribution in [-0.2, 0) is 22.6 Å². The lowest BCUT2D eigenvalue weighted by atomic mass is 9.98. The van der Waals surface area contributed by atoms with Crippen LogP contribution in [-0.4, -0.2) is 72.6 Å². The van der Waals surface area contributed by atoms with Crippen molar-refractivity contribution in [1.82, 2.24) is 14.4 Å². The van der Waals surface area contributed by atoms with Crippen molar-refractivity contribution < 1.29 is 32.2 Å². The molecule has 7 nitrogen and oxygen atoms in total. The molecule has 0 radical (unpaired) electrons. The number of benzene rings is 2. The van der Waals surface area contributed by atoms with Crippen LogP contribution in [0.15, 0.2) is 42.6 Å². The number of piperazine rings is 1. The number of fused-ring (bicyclic) bond motifs is 1. The SMILES string of the molecule is COCc1ccc(C2CN(CCC(F)(F)F)CCN2Cc2c(OC)cc(C)c3c2ccn3C(=O)OC(C)(C)C)cc1. The van der Waals surface area contributed by atoms with Gasteiger partial charge in [0.25, 0.3) is 0 Å². The van der Waals surface area contributed by atoms with Gasteiger partial charge >= 0.3 is 12.3 Å². The zero-order chi connectivity index (χ0) is 29.9. The Labute approximate surface area is 239 Å². The third-order valence-corrected chi connectivity index (χ3v) is 7.36. The fraction of sp³-hybridized carbons (Fsp3) is 0.516. The molecule has 10 heteroatoms. The number of carbonyl (C=O) groups excluding carboxylic acids is 1. The highest BCUT2D eigenvalue weighted by molar-refractivity contribution is 5.95. The predicted molar refractivity (Wildman–Crippen MR) is 152 cm³/mol. The van der Waals surface area contributed by atoms with Gasteiger partial charge in [-0.3, -0.25) is 14.4 Å². The maximum atomic E-state index is 13.0. The van der Waals surface area contributed by atoms with Crippen molar-refractivity contribution in [2.75, 3.05) is 40.4 Å². The van der Waals surface area contributed by atoms with Crippen molar-refractivity contribution in [3.8, 4) is 5.75 Å². The Balaban J connectivity index is 1.69. The summed E-state index contributed by atoms with van der Waals surface area (Å²) in [5.74, 6) is 0.700. The van der Waals surface area contributed by atoms with E-state index in [1.807, 2.05) is 69.0 Å². The number of aromatic nitrogens is 1. The molecular weight excluding hydrogens is 535 g/mol. The molecular formula is C31H40F3N3O4. The number of alkyl halides is 3. The molecule has 0 N–H and O–H groups in total. The van der Waals surface area contributed by atoms with Gasteiger partial charge in [0, 0.05) is 63.0 Å². The Morgan fingerprint density at radius 3 is 2.37 bits per heavy atom. The Hall–Kier alpha value is -3.08. The molecule has 1 saturated heterocycles. The smallest absolute Gasteiger partial charge is 0.419 e. The van der Waals surface area contributed by atoms with Crippen LogP contribution in [0.25, 0.3) is 10.9 Å². The monoisotopic (exact) mass is 575 g/mol. The average molecular weight is 576 g/mol. The summed E-state index contributed by atoms with van der Waals surface area (Å²) in [6.45, 7) is 9.92. The van der Waals surface area contributed by atoms with E-state index in [4.69, 9.17) is 14.2 Å². The summed E-state index contributed by atoms with van der Waals surface area (Å²) < 4.78 is 57.3.